The molecule has 0 aromatic heterocycles. The van der Waals surface area contributed by atoms with Gasteiger partial charge in [0.1, 0.15) is 11.9 Å². The number of aliphatic hydroxyl groups is 1. The summed E-state index contributed by atoms with van der Waals surface area (Å²) in [7, 11) is 1.48. The van der Waals surface area contributed by atoms with Gasteiger partial charge in [-0.2, -0.15) is 0 Å². The molecule has 0 radical (unpaired) electrons. The van der Waals surface area contributed by atoms with Crippen molar-refractivity contribution in [2.75, 3.05) is 12.4 Å². The van der Waals surface area contributed by atoms with Crippen LogP contribution in [-0.4, -0.2) is 18.1 Å². The van der Waals surface area contributed by atoms with E-state index < -0.39 is 12.0 Å². The standard InChI is InChI=1S/C21H17Cl2NO3/c1-27-19-10-8-15(23)12-17(19)21(26)24-18-9-7-14(22)11-16(18)20(25)13-5-3-2-4-6-13/h2-12,20,25H,1H3,(H,24,26)/t20-/m1/s1. The fourth-order valence-electron chi connectivity index (χ4n) is 2.74. The fraction of sp³-hybridized carbons (Fsp3) is 0.0952. The van der Waals surface area contributed by atoms with Crippen LogP contribution in [0.2, 0.25) is 10.0 Å². The number of aliphatic hydroxyl groups excluding tert-OH is 1. The van der Waals surface area contributed by atoms with E-state index in [1.165, 1.54) is 13.2 Å². The lowest BCUT2D eigenvalue weighted by Crippen LogP contribution is -2.15. The van der Waals surface area contributed by atoms with Crippen LogP contribution < -0.4 is 10.1 Å². The Labute approximate surface area is 167 Å². The van der Waals surface area contributed by atoms with Crippen molar-refractivity contribution in [2.24, 2.45) is 0 Å². The number of benzene rings is 3. The van der Waals surface area contributed by atoms with Crippen LogP contribution in [0.3, 0.4) is 0 Å². The van der Waals surface area contributed by atoms with Gasteiger partial charge in [-0.3, -0.25) is 4.79 Å². The zero-order chi connectivity index (χ0) is 19.4. The van der Waals surface area contributed by atoms with Crippen LogP contribution in [0.15, 0.2) is 66.7 Å². The number of methoxy groups -OCH3 is 1. The van der Waals surface area contributed by atoms with Gasteiger partial charge in [0.25, 0.3) is 5.91 Å². The van der Waals surface area contributed by atoms with E-state index in [0.717, 1.165) is 0 Å². The summed E-state index contributed by atoms with van der Waals surface area (Å²) in [6, 6.07) is 18.9. The van der Waals surface area contributed by atoms with Gasteiger partial charge in [0.05, 0.1) is 12.7 Å². The van der Waals surface area contributed by atoms with Crippen molar-refractivity contribution in [1.29, 1.82) is 0 Å². The molecule has 0 aliphatic heterocycles. The smallest absolute Gasteiger partial charge is 0.259 e. The van der Waals surface area contributed by atoms with Gasteiger partial charge in [0, 0.05) is 21.3 Å². The maximum atomic E-state index is 12.8. The highest BCUT2D eigenvalue weighted by Gasteiger charge is 2.19. The summed E-state index contributed by atoms with van der Waals surface area (Å²) in [4.78, 5) is 12.8. The molecule has 4 nitrogen and oxygen atoms in total. The summed E-state index contributed by atoms with van der Waals surface area (Å²) >= 11 is 12.1. The highest BCUT2D eigenvalue weighted by atomic mass is 35.5. The van der Waals surface area contributed by atoms with E-state index in [0.29, 0.717) is 38.2 Å². The lowest BCUT2D eigenvalue weighted by Gasteiger charge is -2.18. The summed E-state index contributed by atoms with van der Waals surface area (Å²) in [5, 5.41) is 14.5. The van der Waals surface area contributed by atoms with Crippen LogP contribution in [0.1, 0.15) is 27.6 Å². The number of halogens is 2. The first-order chi connectivity index (χ1) is 13.0. The minimum absolute atomic E-state index is 0.292. The summed E-state index contributed by atoms with van der Waals surface area (Å²) in [6.45, 7) is 0. The molecule has 27 heavy (non-hydrogen) atoms. The maximum Gasteiger partial charge on any atom is 0.259 e. The van der Waals surface area contributed by atoms with Gasteiger partial charge in [0.2, 0.25) is 0 Å². The number of carbonyl (C=O) groups is 1. The molecule has 0 unspecified atom stereocenters. The molecule has 0 aliphatic rings. The highest BCUT2D eigenvalue weighted by molar-refractivity contribution is 6.31. The van der Waals surface area contributed by atoms with Crippen molar-refractivity contribution in [1.82, 2.24) is 0 Å². The number of ether oxygens (including phenoxy) is 1. The fourth-order valence-corrected chi connectivity index (χ4v) is 3.09. The molecule has 3 rings (SSSR count). The first kappa shape index (κ1) is 19.2. The minimum Gasteiger partial charge on any atom is -0.496 e. The monoisotopic (exact) mass is 401 g/mol. The SMILES string of the molecule is COc1ccc(Cl)cc1C(=O)Nc1ccc(Cl)cc1[C@H](O)c1ccccc1. The average Bonchev–Trinajstić information content (AvgIpc) is 2.69. The van der Waals surface area contributed by atoms with Crippen LogP contribution in [0, 0.1) is 0 Å². The van der Waals surface area contributed by atoms with Crippen molar-refractivity contribution < 1.29 is 14.6 Å². The summed E-state index contributed by atoms with van der Waals surface area (Å²) in [5.74, 6) is -0.00537. The second-order valence-electron chi connectivity index (χ2n) is 5.84. The Balaban J connectivity index is 1.96. The predicted octanol–water partition coefficient (Wildman–Crippen LogP) is 5.34. The average molecular weight is 402 g/mol. The van der Waals surface area contributed by atoms with E-state index in [1.807, 2.05) is 18.2 Å². The Morgan fingerprint density at radius 1 is 1.00 bits per heavy atom. The molecule has 0 saturated heterocycles. The second kappa shape index (κ2) is 8.44. The number of hydrogen-bond acceptors (Lipinski definition) is 3. The zero-order valence-corrected chi connectivity index (χ0v) is 16.0. The summed E-state index contributed by atoms with van der Waals surface area (Å²) in [5.41, 5.74) is 1.92. The van der Waals surface area contributed by atoms with E-state index in [1.54, 1.807) is 42.5 Å². The Kier molecular flexibility index (Phi) is 6.01. The summed E-state index contributed by atoms with van der Waals surface area (Å²) < 4.78 is 5.24. The molecule has 3 aromatic carbocycles. The second-order valence-corrected chi connectivity index (χ2v) is 6.72. The predicted molar refractivity (Wildman–Crippen MR) is 108 cm³/mol. The quantitative estimate of drug-likeness (QED) is 0.606. The maximum absolute atomic E-state index is 12.8. The van der Waals surface area contributed by atoms with Crippen LogP contribution >= 0.6 is 23.2 Å². The number of amides is 1. The molecule has 0 saturated carbocycles. The molecule has 138 valence electrons. The van der Waals surface area contributed by atoms with Crippen molar-refractivity contribution in [3.8, 4) is 5.75 Å². The van der Waals surface area contributed by atoms with E-state index >= 15 is 0 Å². The van der Waals surface area contributed by atoms with E-state index in [2.05, 4.69) is 5.32 Å². The molecular weight excluding hydrogens is 385 g/mol. The van der Waals surface area contributed by atoms with Gasteiger partial charge in [-0.15, -0.1) is 0 Å². The summed E-state index contributed by atoms with van der Waals surface area (Å²) in [6.07, 6.45) is -0.943. The first-order valence-electron chi connectivity index (χ1n) is 8.17. The zero-order valence-electron chi connectivity index (χ0n) is 14.4. The molecule has 3 aromatic rings. The van der Waals surface area contributed by atoms with E-state index in [9.17, 15) is 9.90 Å². The van der Waals surface area contributed by atoms with Crippen molar-refractivity contribution in [2.45, 2.75) is 6.10 Å². The Morgan fingerprint density at radius 2 is 1.67 bits per heavy atom. The van der Waals surface area contributed by atoms with Crippen LogP contribution in [0.4, 0.5) is 5.69 Å². The van der Waals surface area contributed by atoms with Crippen molar-refractivity contribution >= 4 is 34.8 Å². The van der Waals surface area contributed by atoms with Crippen molar-refractivity contribution in [3.63, 3.8) is 0 Å². The molecule has 0 heterocycles. The molecule has 0 bridgehead atoms. The number of carbonyl (C=O) groups excluding carboxylic acids is 1. The number of nitrogens with one attached hydrogen (secondary N) is 1. The minimum atomic E-state index is -0.943. The van der Waals surface area contributed by atoms with Gasteiger partial charge in [0.15, 0.2) is 0 Å². The highest BCUT2D eigenvalue weighted by Crippen LogP contribution is 2.32. The molecular formula is C21H17Cl2NO3. The van der Waals surface area contributed by atoms with Crippen LogP contribution in [0.25, 0.3) is 0 Å². The van der Waals surface area contributed by atoms with Gasteiger partial charge in [-0.25, -0.2) is 0 Å². The third kappa shape index (κ3) is 4.42. The first-order valence-corrected chi connectivity index (χ1v) is 8.92. The molecule has 1 atom stereocenters. The molecule has 0 spiro atoms. The van der Waals surface area contributed by atoms with Crippen molar-refractivity contribution in [3.05, 3.63) is 93.5 Å². The molecule has 2 N–H and O–H groups in total. The van der Waals surface area contributed by atoms with Gasteiger partial charge >= 0.3 is 0 Å². The number of rotatable bonds is 5. The normalized spacial score (nSPS) is 11.7. The topological polar surface area (TPSA) is 58.6 Å². The molecule has 0 fully saturated rings. The number of hydrogen-bond donors (Lipinski definition) is 2. The molecule has 0 aliphatic carbocycles. The lowest BCUT2D eigenvalue weighted by molar-refractivity contribution is 0.102. The van der Waals surface area contributed by atoms with Crippen LogP contribution in [0.5, 0.6) is 5.75 Å². The third-order valence-corrected chi connectivity index (χ3v) is 4.55. The molecule has 1 amide bonds. The van der Waals surface area contributed by atoms with Gasteiger partial charge in [-0.05, 0) is 42.0 Å². The van der Waals surface area contributed by atoms with Gasteiger partial charge in [-0.1, -0.05) is 53.5 Å². The van der Waals surface area contributed by atoms with Crippen LogP contribution in [-0.2, 0) is 0 Å². The van der Waals surface area contributed by atoms with Gasteiger partial charge < -0.3 is 15.2 Å². The third-order valence-electron chi connectivity index (χ3n) is 4.08. The Bertz CT molecular complexity index is 961. The molecule has 6 heteroatoms. The Hall–Kier alpha value is -2.53. The lowest BCUT2D eigenvalue weighted by atomic mass is 9.99. The number of anilines is 1. The van der Waals surface area contributed by atoms with E-state index in [-0.39, 0.29) is 0 Å². The largest absolute Gasteiger partial charge is 0.496 e. The Morgan fingerprint density at radius 3 is 2.37 bits per heavy atom. The van der Waals surface area contributed by atoms with E-state index in [4.69, 9.17) is 27.9 Å².